The summed E-state index contributed by atoms with van der Waals surface area (Å²) >= 11 is 0. The molecule has 0 saturated carbocycles. The van der Waals surface area contributed by atoms with E-state index < -0.39 is 0 Å². The molecular weight excluding hydrogens is 144 g/mol. The zero-order valence-corrected chi connectivity index (χ0v) is 6.45. The lowest BCUT2D eigenvalue weighted by Gasteiger charge is -2.17. The van der Waals surface area contributed by atoms with Crippen LogP contribution in [-0.2, 0) is 9.53 Å². The lowest BCUT2D eigenvalue weighted by atomic mass is 10.00. The van der Waals surface area contributed by atoms with Gasteiger partial charge in [-0.05, 0) is 12.8 Å². The zero-order chi connectivity index (χ0) is 8.27. The number of rotatable bonds is 3. The molecule has 0 aliphatic carbocycles. The van der Waals surface area contributed by atoms with Gasteiger partial charge in [0.25, 0.3) is 0 Å². The number of amides is 1. The molecule has 1 saturated heterocycles. The average Bonchev–Trinajstić information content (AvgIpc) is 2.40. The topological polar surface area (TPSA) is 78.3 Å². The van der Waals surface area contributed by atoms with Crippen LogP contribution in [0.4, 0.5) is 0 Å². The summed E-state index contributed by atoms with van der Waals surface area (Å²) in [5.74, 6) is -0.642. The molecule has 64 valence electrons. The van der Waals surface area contributed by atoms with E-state index in [9.17, 15) is 4.79 Å². The highest BCUT2D eigenvalue weighted by Crippen LogP contribution is 2.19. The largest absolute Gasteiger partial charge is 0.377 e. The van der Waals surface area contributed by atoms with Crippen molar-refractivity contribution in [2.24, 2.45) is 17.4 Å². The first kappa shape index (κ1) is 8.49. The fraction of sp³-hybridized carbons (Fsp3) is 0.857. The van der Waals surface area contributed by atoms with E-state index in [0.29, 0.717) is 6.54 Å². The maximum atomic E-state index is 10.8. The van der Waals surface area contributed by atoms with Gasteiger partial charge in [-0.25, -0.2) is 0 Å². The second-order valence-electron chi connectivity index (χ2n) is 2.80. The number of hydrogen-bond donors (Lipinski definition) is 2. The van der Waals surface area contributed by atoms with Crippen molar-refractivity contribution in [1.29, 1.82) is 0 Å². The summed E-state index contributed by atoms with van der Waals surface area (Å²) in [6.45, 7) is 1.02. The molecule has 0 bridgehead atoms. The first-order valence-corrected chi connectivity index (χ1v) is 3.86. The van der Waals surface area contributed by atoms with Crippen LogP contribution in [0.5, 0.6) is 0 Å². The number of primary amides is 1. The van der Waals surface area contributed by atoms with Crippen LogP contribution in [-0.4, -0.2) is 25.2 Å². The Morgan fingerprint density at radius 1 is 1.73 bits per heavy atom. The van der Waals surface area contributed by atoms with E-state index in [2.05, 4.69) is 0 Å². The summed E-state index contributed by atoms with van der Waals surface area (Å²) in [6, 6.07) is 0. The van der Waals surface area contributed by atoms with Gasteiger partial charge in [0.05, 0.1) is 12.0 Å². The number of nitrogens with two attached hydrogens (primary N) is 2. The van der Waals surface area contributed by atoms with Crippen molar-refractivity contribution in [2.75, 3.05) is 13.2 Å². The van der Waals surface area contributed by atoms with Crippen LogP contribution in [0.25, 0.3) is 0 Å². The highest BCUT2D eigenvalue weighted by molar-refractivity contribution is 5.77. The van der Waals surface area contributed by atoms with E-state index in [0.717, 1.165) is 19.4 Å². The molecule has 1 fully saturated rings. The van der Waals surface area contributed by atoms with Gasteiger partial charge in [0.15, 0.2) is 0 Å². The van der Waals surface area contributed by atoms with E-state index in [1.165, 1.54) is 0 Å². The Kier molecular flexibility index (Phi) is 2.84. The van der Waals surface area contributed by atoms with Gasteiger partial charge >= 0.3 is 0 Å². The molecule has 0 aromatic rings. The van der Waals surface area contributed by atoms with Gasteiger partial charge < -0.3 is 16.2 Å². The smallest absolute Gasteiger partial charge is 0.224 e. The van der Waals surface area contributed by atoms with Gasteiger partial charge in [-0.1, -0.05) is 0 Å². The minimum Gasteiger partial charge on any atom is -0.377 e. The molecule has 1 amide bonds. The molecule has 1 aliphatic heterocycles. The fourth-order valence-electron chi connectivity index (χ4n) is 1.37. The molecule has 4 nitrogen and oxygen atoms in total. The second-order valence-corrected chi connectivity index (χ2v) is 2.80. The average molecular weight is 158 g/mol. The van der Waals surface area contributed by atoms with Crippen molar-refractivity contribution in [3.63, 3.8) is 0 Å². The third-order valence-electron chi connectivity index (χ3n) is 2.03. The van der Waals surface area contributed by atoms with E-state index in [1.807, 2.05) is 0 Å². The SMILES string of the molecule is NCC(C(N)=O)C1CCCO1. The van der Waals surface area contributed by atoms with Gasteiger partial charge in [-0.2, -0.15) is 0 Å². The van der Waals surface area contributed by atoms with Gasteiger partial charge in [0, 0.05) is 13.2 Å². The summed E-state index contributed by atoms with van der Waals surface area (Å²) in [6.07, 6.45) is 1.89. The van der Waals surface area contributed by atoms with E-state index in [1.54, 1.807) is 0 Å². The van der Waals surface area contributed by atoms with Crippen LogP contribution in [0, 0.1) is 5.92 Å². The minimum absolute atomic E-state index is 0.0301. The fourth-order valence-corrected chi connectivity index (χ4v) is 1.37. The van der Waals surface area contributed by atoms with Crippen molar-refractivity contribution in [3.8, 4) is 0 Å². The quantitative estimate of drug-likeness (QED) is 0.566. The molecule has 2 atom stereocenters. The van der Waals surface area contributed by atoms with E-state index in [-0.39, 0.29) is 17.9 Å². The molecule has 0 aromatic heterocycles. The Hall–Kier alpha value is -0.610. The molecule has 0 radical (unpaired) electrons. The maximum Gasteiger partial charge on any atom is 0.224 e. The van der Waals surface area contributed by atoms with Gasteiger partial charge in [0.2, 0.25) is 5.91 Å². The Bertz CT molecular complexity index is 143. The molecule has 1 rings (SSSR count). The standard InChI is InChI=1S/C7H14N2O2/c8-4-5(7(9)10)6-2-1-3-11-6/h5-6H,1-4,8H2,(H2,9,10). The van der Waals surface area contributed by atoms with Crippen molar-refractivity contribution in [3.05, 3.63) is 0 Å². The Labute approximate surface area is 65.9 Å². The molecular formula is C7H14N2O2. The molecule has 2 unspecified atom stereocenters. The van der Waals surface area contributed by atoms with Crippen molar-refractivity contribution in [2.45, 2.75) is 18.9 Å². The van der Waals surface area contributed by atoms with E-state index in [4.69, 9.17) is 16.2 Å². The molecule has 1 heterocycles. The second kappa shape index (κ2) is 3.69. The molecule has 4 heteroatoms. The summed E-state index contributed by atoms with van der Waals surface area (Å²) in [5.41, 5.74) is 10.5. The van der Waals surface area contributed by atoms with Crippen LogP contribution in [0.2, 0.25) is 0 Å². The number of hydrogen-bond acceptors (Lipinski definition) is 3. The third-order valence-corrected chi connectivity index (χ3v) is 2.03. The Balaban J connectivity index is 2.46. The maximum absolute atomic E-state index is 10.8. The minimum atomic E-state index is -0.348. The van der Waals surface area contributed by atoms with Crippen molar-refractivity contribution in [1.82, 2.24) is 0 Å². The molecule has 1 aliphatic rings. The summed E-state index contributed by atoms with van der Waals surface area (Å²) in [7, 11) is 0. The summed E-state index contributed by atoms with van der Waals surface area (Å²) in [4.78, 5) is 10.8. The first-order chi connectivity index (χ1) is 5.25. The van der Waals surface area contributed by atoms with Crippen molar-refractivity contribution >= 4 is 5.91 Å². The third kappa shape index (κ3) is 1.91. The normalized spacial score (nSPS) is 26.8. The highest BCUT2D eigenvalue weighted by Gasteiger charge is 2.28. The van der Waals surface area contributed by atoms with Gasteiger partial charge in [0.1, 0.15) is 0 Å². The summed E-state index contributed by atoms with van der Waals surface area (Å²) < 4.78 is 5.29. The highest BCUT2D eigenvalue weighted by atomic mass is 16.5. The Morgan fingerprint density at radius 2 is 2.45 bits per heavy atom. The van der Waals surface area contributed by atoms with Crippen molar-refractivity contribution < 1.29 is 9.53 Å². The predicted molar refractivity (Wildman–Crippen MR) is 40.7 cm³/mol. The number of carbonyl (C=O) groups excluding carboxylic acids is 1. The number of ether oxygens (including phenoxy) is 1. The predicted octanol–water partition coefficient (Wildman–Crippen LogP) is -0.774. The molecule has 11 heavy (non-hydrogen) atoms. The van der Waals surface area contributed by atoms with Gasteiger partial charge in [-0.15, -0.1) is 0 Å². The van der Waals surface area contributed by atoms with Crippen LogP contribution in [0.3, 0.4) is 0 Å². The lowest BCUT2D eigenvalue weighted by Crippen LogP contribution is -2.38. The van der Waals surface area contributed by atoms with Crippen LogP contribution in [0.15, 0.2) is 0 Å². The number of carbonyl (C=O) groups is 1. The lowest BCUT2D eigenvalue weighted by molar-refractivity contribution is -0.125. The molecule has 4 N–H and O–H groups in total. The first-order valence-electron chi connectivity index (χ1n) is 3.86. The monoisotopic (exact) mass is 158 g/mol. The zero-order valence-electron chi connectivity index (χ0n) is 6.45. The van der Waals surface area contributed by atoms with Crippen LogP contribution >= 0.6 is 0 Å². The molecule has 0 spiro atoms. The van der Waals surface area contributed by atoms with Crippen LogP contribution < -0.4 is 11.5 Å². The van der Waals surface area contributed by atoms with Gasteiger partial charge in [-0.3, -0.25) is 4.79 Å². The van der Waals surface area contributed by atoms with Crippen LogP contribution in [0.1, 0.15) is 12.8 Å². The summed E-state index contributed by atoms with van der Waals surface area (Å²) in [5, 5.41) is 0. The Morgan fingerprint density at radius 3 is 2.82 bits per heavy atom. The van der Waals surface area contributed by atoms with E-state index >= 15 is 0 Å². The molecule has 0 aromatic carbocycles.